The van der Waals surface area contributed by atoms with E-state index in [2.05, 4.69) is 24.3 Å². The molecule has 0 aromatic heterocycles. The predicted octanol–water partition coefficient (Wildman–Crippen LogP) is 3.34. The lowest BCUT2D eigenvalue weighted by atomic mass is 9.96. The molecule has 0 radical (unpaired) electrons. The number of benzene rings is 2. The maximum Gasteiger partial charge on any atom is 0.255 e. The van der Waals surface area contributed by atoms with Crippen LogP contribution < -0.4 is 9.47 Å². The van der Waals surface area contributed by atoms with Gasteiger partial charge in [-0.25, -0.2) is 0 Å². The average molecular weight is 238 g/mol. The van der Waals surface area contributed by atoms with Gasteiger partial charge in [0.2, 0.25) is 0 Å². The van der Waals surface area contributed by atoms with Crippen LogP contribution in [-0.4, -0.2) is 5.79 Å². The summed E-state index contributed by atoms with van der Waals surface area (Å²) < 4.78 is 12.2. The van der Waals surface area contributed by atoms with E-state index in [0.717, 1.165) is 30.8 Å². The third kappa shape index (κ3) is 1.42. The lowest BCUT2D eigenvalue weighted by Gasteiger charge is -2.34. The van der Waals surface area contributed by atoms with Crippen molar-refractivity contribution in [1.82, 2.24) is 0 Å². The molecule has 0 saturated carbocycles. The van der Waals surface area contributed by atoms with Crippen molar-refractivity contribution in [3.63, 3.8) is 0 Å². The van der Waals surface area contributed by atoms with Gasteiger partial charge >= 0.3 is 0 Å². The van der Waals surface area contributed by atoms with Gasteiger partial charge in [-0.2, -0.15) is 0 Å². The smallest absolute Gasteiger partial charge is 0.255 e. The van der Waals surface area contributed by atoms with E-state index in [1.807, 2.05) is 24.3 Å². The van der Waals surface area contributed by atoms with E-state index in [4.69, 9.17) is 9.47 Å². The zero-order valence-corrected chi connectivity index (χ0v) is 10.1. The molecule has 2 nitrogen and oxygen atoms in total. The molecular weight excluding hydrogens is 224 g/mol. The van der Waals surface area contributed by atoms with Crippen molar-refractivity contribution in [3.8, 4) is 11.5 Å². The van der Waals surface area contributed by atoms with Gasteiger partial charge in [-0.3, -0.25) is 0 Å². The molecule has 2 aromatic rings. The van der Waals surface area contributed by atoms with Crippen LogP contribution in [0.15, 0.2) is 48.5 Å². The SMILES string of the molecule is c1ccc2c(c1)CC[C@@]1(Cc3ccccc3O1)O2. The second-order valence-electron chi connectivity index (χ2n) is 5.01. The van der Waals surface area contributed by atoms with Crippen molar-refractivity contribution in [2.75, 3.05) is 0 Å². The van der Waals surface area contributed by atoms with Crippen LogP contribution in [0.5, 0.6) is 11.5 Å². The fourth-order valence-corrected chi connectivity index (χ4v) is 2.86. The second kappa shape index (κ2) is 3.52. The predicted molar refractivity (Wildman–Crippen MR) is 68.9 cm³/mol. The maximum atomic E-state index is 6.14. The Balaban J connectivity index is 1.70. The molecule has 2 heteroatoms. The first-order chi connectivity index (χ1) is 8.85. The van der Waals surface area contributed by atoms with Gasteiger partial charge in [0.05, 0.1) is 6.42 Å². The van der Waals surface area contributed by atoms with Gasteiger partial charge < -0.3 is 9.47 Å². The Morgan fingerprint density at radius 1 is 0.778 bits per heavy atom. The van der Waals surface area contributed by atoms with Crippen LogP contribution in [0.3, 0.4) is 0 Å². The highest BCUT2D eigenvalue weighted by Crippen LogP contribution is 2.42. The number of hydrogen-bond donors (Lipinski definition) is 0. The van der Waals surface area contributed by atoms with Gasteiger partial charge in [0.15, 0.2) is 0 Å². The van der Waals surface area contributed by atoms with Gasteiger partial charge in [0, 0.05) is 12.0 Å². The number of rotatable bonds is 0. The summed E-state index contributed by atoms with van der Waals surface area (Å²) in [5.74, 6) is 1.46. The molecule has 1 atom stereocenters. The van der Waals surface area contributed by atoms with E-state index in [1.54, 1.807) is 0 Å². The summed E-state index contributed by atoms with van der Waals surface area (Å²) in [7, 11) is 0. The van der Waals surface area contributed by atoms with Gasteiger partial charge in [0.25, 0.3) is 5.79 Å². The van der Waals surface area contributed by atoms with Crippen LogP contribution in [0.2, 0.25) is 0 Å². The summed E-state index contributed by atoms with van der Waals surface area (Å²) >= 11 is 0. The molecule has 0 bridgehead atoms. The zero-order chi connectivity index (χ0) is 12.0. The highest BCUT2D eigenvalue weighted by Gasteiger charge is 2.43. The van der Waals surface area contributed by atoms with E-state index >= 15 is 0 Å². The van der Waals surface area contributed by atoms with Crippen molar-refractivity contribution >= 4 is 0 Å². The Bertz CT molecular complexity index is 579. The Morgan fingerprint density at radius 2 is 1.39 bits per heavy atom. The first kappa shape index (κ1) is 10.0. The van der Waals surface area contributed by atoms with Crippen molar-refractivity contribution < 1.29 is 9.47 Å². The Morgan fingerprint density at radius 3 is 2.11 bits per heavy atom. The minimum atomic E-state index is -0.474. The van der Waals surface area contributed by atoms with E-state index in [-0.39, 0.29) is 0 Å². The number of hydrogen-bond acceptors (Lipinski definition) is 2. The number of aryl methyl sites for hydroxylation is 1. The van der Waals surface area contributed by atoms with Crippen molar-refractivity contribution in [3.05, 3.63) is 59.7 Å². The summed E-state index contributed by atoms with van der Waals surface area (Å²) in [6, 6.07) is 16.4. The molecule has 0 N–H and O–H groups in total. The standard InChI is InChI=1S/C16H14O2/c1-3-7-14-12(5-1)9-10-16(17-14)11-13-6-2-4-8-15(13)18-16/h1-8H,9-11H2/t16-/m1/s1. The first-order valence-electron chi connectivity index (χ1n) is 6.39. The summed E-state index contributed by atoms with van der Waals surface area (Å²) in [6.45, 7) is 0. The number of para-hydroxylation sites is 2. The fraction of sp³-hybridized carbons (Fsp3) is 0.250. The molecule has 90 valence electrons. The molecule has 2 aromatic carbocycles. The Labute approximate surface area is 106 Å². The summed E-state index contributed by atoms with van der Waals surface area (Å²) in [4.78, 5) is 0. The number of fused-ring (bicyclic) bond motifs is 2. The summed E-state index contributed by atoms with van der Waals surface area (Å²) in [6.07, 6.45) is 2.78. The highest BCUT2D eigenvalue weighted by atomic mass is 16.7. The van der Waals surface area contributed by atoms with Crippen LogP contribution in [0.4, 0.5) is 0 Å². The quantitative estimate of drug-likeness (QED) is 0.700. The lowest BCUT2D eigenvalue weighted by Crippen LogP contribution is -2.43. The number of ether oxygens (including phenoxy) is 2. The van der Waals surface area contributed by atoms with Crippen LogP contribution in [0, 0.1) is 0 Å². The van der Waals surface area contributed by atoms with Gasteiger partial charge in [-0.05, 0) is 24.1 Å². The first-order valence-corrected chi connectivity index (χ1v) is 6.39. The molecule has 0 aliphatic carbocycles. The molecule has 2 aliphatic heterocycles. The zero-order valence-electron chi connectivity index (χ0n) is 10.1. The molecule has 0 amide bonds. The maximum absolute atomic E-state index is 6.14. The molecule has 4 rings (SSSR count). The minimum absolute atomic E-state index is 0.474. The molecular formula is C16H14O2. The van der Waals surface area contributed by atoms with Crippen molar-refractivity contribution in [2.24, 2.45) is 0 Å². The van der Waals surface area contributed by atoms with E-state index < -0.39 is 5.79 Å². The van der Waals surface area contributed by atoms with Crippen LogP contribution in [0.25, 0.3) is 0 Å². The average Bonchev–Trinajstić information content (AvgIpc) is 2.76. The molecule has 1 spiro atoms. The molecule has 2 heterocycles. The molecule has 0 unspecified atom stereocenters. The lowest BCUT2D eigenvalue weighted by molar-refractivity contribution is -0.111. The van der Waals surface area contributed by atoms with E-state index in [1.165, 1.54) is 11.1 Å². The highest BCUT2D eigenvalue weighted by molar-refractivity contribution is 5.41. The van der Waals surface area contributed by atoms with Crippen molar-refractivity contribution in [1.29, 1.82) is 0 Å². The van der Waals surface area contributed by atoms with Crippen LogP contribution in [-0.2, 0) is 12.8 Å². The molecule has 0 saturated heterocycles. The molecule has 2 aliphatic rings. The minimum Gasteiger partial charge on any atom is -0.452 e. The van der Waals surface area contributed by atoms with Gasteiger partial charge in [-0.1, -0.05) is 36.4 Å². The van der Waals surface area contributed by atoms with Crippen molar-refractivity contribution in [2.45, 2.75) is 25.0 Å². The normalized spacial score (nSPS) is 24.0. The third-order valence-corrected chi connectivity index (χ3v) is 3.77. The fourth-order valence-electron chi connectivity index (χ4n) is 2.86. The van der Waals surface area contributed by atoms with E-state index in [0.29, 0.717) is 0 Å². The van der Waals surface area contributed by atoms with Crippen LogP contribution in [0.1, 0.15) is 17.5 Å². The Hall–Kier alpha value is -1.96. The largest absolute Gasteiger partial charge is 0.452 e. The van der Waals surface area contributed by atoms with Gasteiger partial charge in [-0.15, -0.1) is 0 Å². The third-order valence-electron chi connectivity index (χ3n) is 3.77. The van der Waals surface area contributed by atoms with Crippen LogP contribution >= 0.6 is 0 Å². The molecule has 18 heavy (non-hydrogen) atoms. The van der Waals surface area contributed by atoms with E-state index in [9.17, 15) is 0 Å². The monoisotopic (exact) mass is 238 g/mol. The summed E-state index contributed by atoms with van der Waals surface area (Å²) in [5, 5.41) is 0. The Kier molecular flexibility index (Phi) is 1.95. The summed E-state index contributed by atoms with van der Waals surface area (Å²) in [5.41, 5.74) is 2.53. The van der Waals surface area contributed by atoms with Gasteiger partial charge in [0.1, 0.15) is 11.5 Å². The topological polar surface area (TPSA) is 18.5 Å². The molecule has 0 fully saturated rings. The second-order valence-corrected chi connectivity index (χ2v) is 5.01.